The van der Waals surface area contributed by atoms with Gasteiger partial charge in [-0.1, -0.05) is 13.8 Å². The first-order valence-electron chi connectivity index (χ1n) is 6.19. The average molecular weight is 238 g/mol. The summed E-state index contributed by atoms with van der Waals surface area (Å²) >= 11 is 0. The van der Waals surface area contributed by atoms with Gasteiger partial charge in [0.25, 0.3) is 0 Å². The number of furan rings is 1. The lowest BCUT2D eigenvalue weighted by Crippen LogP contribution is -2.43. The monoisotopic (exact) mass is 238 g/mol. The van der Waals surface area contributed by atoms with Gasteiger partial charge in [0, 0.05) is 25.7 Å². The van der Waals surface area contributed by atoms with Crippen molar-refractivity contribution in [3.8, 4) is 0 Å². The minimum absolute atomic E-state index is 0.168. The molecule has 1 atom stereocenters. The molecule has 0 spiro atoms. The molecule has 1 aromatic rings. The molecule has 0 radical (unpaired) electrons. The Hall–Kier alpha value is -0.840. The highest BCUT2D eigenvalue weighted by atomic mass is 16.3. The number of aliphatic hydroxyl groups excluding tert-OH is 1. The summed E-state index contributed by atoms with van der Waals surface area (Å²) in [5.41, 5.74) is 0.219. The van der Waals surface area contributed by atoms with Crippen molar-refractivity contribution < 1.29 is 9.52 Å². The van der Waals surface area contributed by atoms with Crippen LogP contribution in [0.4, 0.5) is 0 Å². The van der Waals surface area contributed by atoms with Crippen LogP contribution in [0.3, 0.4) is 0 Å². The zero-order chi connectivity index (χ0) is 12.3. The predicted molar refractivity (Wildman–Crippen MR) is 66.6 cm³/mol. The third-order valence-corrected chi connectivity index (χ3v) is 3.28. The average Bonchev–Trinajstić information content (AvgIpc) is 2.70. The number of aliphatic hydroxyl groups is 1. The van der Waals surface area contributed by atoms with Gasteiger partial charge in [0.15, 0.2) is 0 Å². The summed E-state index contributed by atoms with van der Waals surface area (Å²) in [5, 5.41) is 12.9. The third kappa shape index (κ3) is 3.31. The lowest BCUT2D eigenvalue weighted by Gasteiger charge is -2.32. The van der Waals surface area contributed by atoms with Crippen molar-refractivity contribution in [3.63, 3.8) is 0 Å². The van der Waals surface area contributed by atoms with Gasteiger partial charge in [-0.15, -0.1) is 0 Å². The summed E-state index contributed by atoms with van der Waals surface area (Å²) in [5.74, 6) is 0.959. The third-order valence-electron chi connectivity index (χ3n) is 3.28. The maximum atomic E-state index is 9.47. The summed E-state index contributed by atoms with van der Waals surface area (Å²) in [7, 11) is 0. The molecule has 4 nitrogen and oxygen atoms in total. The molecule has 1 aliphatic heterocycles. The van der Waals surface area contributed by atoms with E-state index in [1.54, 1.807) is 6.26 Å². The fraction of sp³-hybridized carbons (Fsp3) is 0.692. The quantitative estimate of drug-likeness (QED) is 0.827. The number of rotatable bonds is 3. The van der Waals surface area contributed by atoms with Crippen LogP contribution >= 0.6 is 0 Å². The van der Waals surface area contributed by atoms with Crippen LogP contribution in [0.2, 0.25) is 0 Å². The Morgan fingerprint density at radius 1 is 1.59 bits per heavy atom. The van der Waals surface area contributed by atoms with E-state index in [1.165, 1.54) is 0 Å². The lowest BCUT2D eigenvalue weighted by atomic mass is 9.93. The van der Waals surface area contributed by atoms with Crippen LogP contribution in [-0.4, -0.2) is 42.3 Å². The molecule has 2 N–H and O–H groups in total. The van der Waals surface area contributed by atoms with Gasteiger partial charge in [-0.3, -0.25) is 4.90 Å². The van der Waals surface area contributed by atoms with E-state index in [0.29, 0.717) is 0 Å². The standard InChI is InChI=1S/C13H22N2O2/c1-13(2)9-14-6-11(8-16)15(10-13)7-12-4-3-5-17-12/h3-5,11,14,16H,6-10H2,1-2H3. The van der Waals surface area contributed by atoms with Crippen molar-refractivity contribution in [1.29, 1.82) is 0 Å². The van der Waals surface area contributed by atoms with Crippen LogP contribution in [-0.2, 0) is 6.54 Å². The molecule has 1 fully saturated rings. The Kier molecular flexibility index (Phi) is 3.86. The van der Waals surface area contributed by atoms with Gasteiger partial charge in [0.1, 0.15) is 5.76 Å². The first-order valence-corrected chi connectivity index (χ1v) is 6.19. The van der Waals surface area contributed by atoms with E-state index in [0.717, 1.165) is 31.9 Å². The lowest BCUT2D eigenvalue weighted by molar-refractivity contribution is 0.0942. The van der Waals surface area contributed by atoms with Crippen molar-refractivity contribution >= 4 is 0 Å². The molecule has 1 aromatic heterocycles. The maximum Gasteiger partial charge on any atom is 0.117 e. The molecule has 0 aliphatic carbocycles. The number of nitrogens with one attached hydrogen (secondary N) is 1. The molecule has 0 aromatic carbocycles. The summed E-state index contributed by atoms with van der Waals surface area (Å²) in [6.45, 7) is 8.22. The summed E-state index contributed by atoms with van der Waals surface area (Å²) in [6.07, 6.45) is 1.70. The van der Waals surface area contributed by atoms with E-state index in [-0.39, 0.29) is 18.1 Å². The zero-order valence-corrected chi connectivity index (χ0v) is 10.6. The van der Waals surface area contributed by atoms with Crippen molar-refractivity contribution in [2.45, 2.75) is 26.4 Å². The maximum absolute atomic E-state index is 9.47. The van der Waals surface area contributed by atoms with Crippen LogP contribution in [0.5, 0.6) is 0 Å². The van der Waals surface area contributed by atoms with Crippen molar-refractivity contribution in [3.05, 3.63) is 24.2 Å². The highest BCUT2D eigenvalue weighted by molar-refractivity contribution is 4.99. The second kappa shape index (κ2) is 5.21. The van der Waals surface area contributed by atoms with Gasteiger partial charge < -0.3 is 14.8 Å². The second-order valence-corrected chi connectivity index (χ2v) is 5.62. The Morgan fingerprint density at radius 2 is 2.41 bits per heavy atom. The van der Waals surface area contributed by atoms with E-state index in [4.69, 9.17) is 4.42 Å². The van der Waals surface area contributed by atoms with Gasteiger partial charge in [0.2, 0.25) is 0 Å². The van der Waals surface area contributed by atoms with Crippen molar-refractivity contribution in [2.75, 3.05) is 26.2 Å². The van der Waals surface area contributed by atoms with Crippen molar-refractivity contribution in [1.82, 2.24) is 10.2 Å². The van der Waals surface area contributed by atoms with E-state index < -0.39 is 0 Å². The molecule has 1 saturated heterocycles. The number of hydrogen-bond donors (Lipinski definition) is 2. The molecular weight excluding hydrogens is 216 g/mol. The molecule has 1 unspecified atom stereocenters. The summed E-state index contributed by atoms with van der Waals surface area (Å²) in [4.78, 5) is 2.30. The van der Waals surface area contributed by atoms with Crippen LogP contribution in [0.25, 0.3) is 0 Å². The van der Waals surface area contributed by atoms with Crippen LogP contribution in [0, 0.1) is 5.41 Å². The fourth-order valence-corrected chi connectivity index (χ4v) is 2.41. The Bertz CT molecular complexity index is 335. The molecule has 0 saturated carbocycles. The van der Waals surface area contributed by atoms with E-state index >= 15 is 0 Å². The van der Waals surface area contributed by atoms with E-state index in [1.807, 2.05) is 12.1 Å². The highest BCUT2D eigenvalue weighted by Gasteiger charge is 2.30. The summed E-state index contributed by atoms with van der Waals surface area (Å²) < 4.78 is 5.39. The molecule has 4 heteroatoms. The van der Waals surface area contributed by atoms with Crippen LogP contribution in [0.1, 0.15) is 19.6 Å². The Morgan fingerprint density at radius 3 is 3.06 bits per heavy atom. The first-order chi connectivity index (χ1) is 8.11. The minimum Gasteiger partial charge on any atom is -0.468 e. The molecule has 96 valence electrons. The van der Waals surface area contributed by atoms with Gasteiger partial charge >= 0.3 is 0 Å². The first kappa shape index (κ1) is 12.6. The molecule has 17 heavy (non-hydrogen) atoms. The molecular formula is C13H22N2O2. The molecule has 0 amide bonds. The van der Waals surface area contributed by atoms with Gasteiger partial charge in [-0.2, -0.15) is 0 Å². The van der Waals surface area contributed by atoms with E-state index in [2.05, 4.69) is 24.1 Å². The van der Waals surface area contributed by atoms with Gasteiger partial charge in [0.05, 0.1) is 19.4 Å². The number of hydrogen-bond acceptors (Lipinski definition) is 4. The van der Waals surface area contributed by atoms with E-state index in [9.17, 15) is 5.11 Å². The largest absolute Gasteiger partial charge is 0.468 e. The normalized spacial score (nSPS) is 25.7. The smallest absolute Gasteiger partial charge is 0.117 e. The Balaban J connectivity index is 2.08. The zero-order valence-electron chi connectivity index (χ0n) is 10.6. The number of nitrogens with zero attached hydrogens (tertiary/aromatic N) is 1. The van der Waals surface area contributed by atoms with Gasteiger partial charge in [-0.05, 0) is 17.5 Å². The topological polar surface area (TPSA) is 48.6 Å². The van der Waals surface area contributed by atoms with Gasteiger partial charge in [-0.25, -0.2) is 0 Å². The molecule has 2 rings (SSSR count). The van der Waals surface area contributed by atoms with Crippen LogP contribution in [0.15, 0.2) is 22.8 Å². The highest BCUT2D eigenvalue weighted by Crippen LogP contribution is 2.22. The fourth-order valence-electron chi connectivity index (χ4n) is 2.41. The Labute approximate surface area is 103 Å². The predicted octanol–water partition coefficient (Wildman–Crippen LogP) is 1.07. The molecule has 0 bridgehead atoms. The molecule has 2 heterocycles. The van der Waals surface area contributed by atoms with Crippen LogP contribution < -0.4 is 5.32 Å². The van der Waals surface area contributed by atoms with Crippen molar-refractivity contribution in [2.24, 2.45) is 5.41 Å². The molecule has 1 aliphatic rings. The SMILES string of the molecule is CC1(C)CNCC(CO)N(Cc2ccco2)C1. The minimum atomic E-state index is 0.168. The summed E-state index contributed by atoms with van der Waals surface area (Å²) in [6, 6.07) is 4.06. The second-order valence-electron chi connectivity index (χ2n) is 5.62.